The number of para-hydroxylation sites is 1. The first-order chi connectivity index (χ1) is 8.78. The topological polar surface area (TPSA) is 46.3 Å². The van der Waals surface area contributed by atoms with Crippen LogP contribution in [-0.2, 0) is 5.33 Å². The number of benzene rings is 2. The second-order valence-corrected chi connectivity index (χ2v) is 4.53. The van der Waals surface area contributed by atoms with Gasteiger partial charge in [-0.25, -0.2) is 4.98 Å². The Morgan fingerprint density at radius 1 is 1.11 bits per heavy atom. The number of phenolic OH excluding ortho intramolecular Hbond substituents is 1. The summed E-state index contributed by atoms with van der Waals surface area (Å²) in [6.45, 7) is 0. The van der Waals surface area contributed by atoms with Gasteiger partial charge in [-0.05, 0) is 30.3 Å². The highest BCUT2D eigenvalue weighted by Gasteiger charge is 2.10. The lowest BCUT2D eigenvalue weighted by Gasteiger charge is -1.95. The summed E-state index contributed by atoms with van der Waals surface area (Å²) in [6.07, 6.45) is 0. The third-order valence-electron chi connectivity index (χ3n) is 2.75. The molecule has 18 heavy (non-hydrogen) atoms. The Morgan fingerprint density at radius 2 is 1.89 bits per heavy atom. The van der Waals surface area contributed by atoms with Gasteiger partial charge in [-0.2, -0.15) is 0 Å². The predicted octanol–water partition coefficient (Wildman–Crippen LogP) is 4.10. The van der Waals surface area contributed by atoms with Crippen LogP contribution >= 0.6 is 15.9 Å². The van der Waals surface area contributed by atoms with Crippen molar-refractivity contribution in [1.82, 2.24) is 4.98 Å². The molecule has 0 fully saturated rings. The van der Waals surface area contributed by atoms with E-state index < -0.39 is 0 Å². The Kier molecular flexibility index (Phi) is 2.80. The summed E-state index contributed by atoms with van der Waals surface area (Å²) in [5.74, 6) is 0.800. The largest absolute Gasteiger partial charge is 0.508 e. The van der Waals surface area contributed by atoms with Gasteiger partial charge in [0.15, 0.2) is 5.58 Å². The molecule has 0 amide bonds. The van der Waals surface area contributed by atoms with E-state index >= 15 is 0 Å². The van der Waals surface area contributed by atoms with Crippen molar-refractivity contribution in [1.29, 1.82) is 0 Å². The van der Waals surface area contributed by atoms with Gasteiger partial charge in [0.25, 0.3) is 0 Å². The molecule has 0 bridgehead atoms. The minimum atomic E-state index is 0.232. The van der Waals surface area contributed by atoms with Crippen molar-refractivity contribution < 1.29 is 9.52 Å². The van der Waals surface area contributed by atoms with Crippen LogP contribution in [0.2, 0.25) is 0 Å². The summed E-state index contributed by atoms with van der Waals surface area (Å²) < 4.78 is 5.79. The lowest BCUT2D eigenvalue weighted by Crippen LogP contribution is -1.76. The number of aromatic hydroxyl groups is 1. The van der Waals surface area contributed by atoms with Crippen LogP contribution in [-0.4, -0.2) is 10.1 Å². The van der Waals surface area contributed by atoms with Gasteiger partial charge in [-0.1, -0.05) is 28.1 Å². The van der Waals surface area contributed by atoms with Crippen LogP contribution in [0.15, 0.2) is 46.9 Å². The molecule has 0 aliphatic heterocycles. The molecule has 0 saturated carbocycles. The maximum atomic E-state index is 9.27. The van der Waals surface area contributed by atoms with Gasteiger partial charge >= 0.3 is 0 Å². The number of halogens is 1. The van der Waals surface area contributed by atoms with Crippen molar-refractivity contribution in [2.75, 3.05) is 0 Å². The van der Waals surface area contributed by atoms with Gasteiger partial charge in [0.05, 0.1) is 0 Å². The van der Waals surface area contributed by atoms with Crippen molar-refractivity contribution in [3.63, 3.8) is 0 Å². The van der Waals surface area contributed by atoms with Crippen LogP contribution in [0.3, 0.4) is 0 Å². The molecule has 0 atom stereocenters. The molecule has 0 radical (unpaired) electrons. The molecule has 0 unspecified atom stereocenters. The fraction of sp³-hybridized carbons (Fsp3) is 0.0714. The Morgan fingerprint density at radius 3 is 2.61 bits per heavy atom. The second kappa shape index (κ2) is 4.46. The van der Waals surface area contributed by atoms with Gasteiger partial charge in [0, 0.05) is 16.5 Å². The highest BCUT2D eigenvalue weighted by atomic mass is 79.9. The number of hydrogen-bond acceptors (Lipinski definition) is 3. The Labute approximate surface area is 112 Å². The number of phenols is 1. The molecule has 90 valence electrons. The summed E-state index contributed by atoms with van der Waals surface area (Å²) in [7, 11) is 0. The molecule has 0 saturated heterocycles. The van der Waals surface area contributed by atoms with Crippen LogP contribution in [0.25, 0.3) is 22.6 Å². The van der Waals surface area contributed by atoms with E-state index in [9.17, 15) is 5.11 Å². The summed E-state index contributed by atoms with van der Waals surface area (Å²) >= 11 is 3.43. The first kappa shape index (κ1) is 11.3. The number of oxazole rings is 1. The summed E-state index contributed by atoms with van der Waals surface area (Å²) in [5.41, 5.74) is 3.57. The third kappa shape index (κ3) is 1.88. The molecular weight excluding hydrogens is 294 g/mol. The molecule has 0 spiro atoms. The summed E-state index contributed by atoms with van der Waals surface area (Å²) in [4.78, 5) is 4.45. The van der Waals surface area contributed by atoms with E-state index in [4.69, 9.17) is 4.42 Å². The maximum Gasteiger partial charge on any atom is 0.227 e. The van der Waals surface area contributed by atoms with Crippen LogP contribution < -0.4 is 0 Å². The molecule has 2 aromatic carbocycles. The summed E-state index contributed by atoms with van der Waals surface area (Å²) in [5, 5.41) is 10.00. The highest BCUT2D eigenvalue weighted by molar-refractivity contribution is 9.08. The van der Waals surface area contributed by atoms with Crippen molar-refractivity contribution in [2.45, 2.75) is 5.33 Å². The van der Waals surface area contributed by atoms with Crippen LogP contribution in [0, 0.1) is 0 Å². The van der Waals surface area contributed by atoms with Crippen LogP contribution in [0.5, 0.6) is 5.75 Å². The van der Waals surface area contributed by atoms with Gasteiger partial charge in [-0.3, -0.25) is 0 Å². The maximum absolute atomic E-state index is 9.27. The summed E-state index contributed by atoms with van der Waals surface area (Å²) in [6, 6.07) is 12.7. The lowest BCUT2D eigenvalue weighted by atomic mass is 10.2. The fourth-order valence-electron chi connectivity index (χ4n) is 1.84. The van der Waals surface area contributed by atoms with Crippen LogP contribution in [0.1, 0.15) is 5.56 Å². The van der Waals surface area contributed by atoms with E-state index in [2.05, 4.69) is 20.9 Å². The minimum absolute atomic E-state index is 0.232. The first-order valence-electron chi connectivity index (χ1n) is 5.52. The number of rotatable bonds is 2. The molecule has 0 aliphatic rings. The fourth-order valence-corrected chi connectivity index (χ4v) is 2.28. The zero-order valence-corrected chi connectivity index (χ0v) is 11.0. The number of nitrogens with zero attached hydrogens (tertiary/aromatic N) is 1. The van der Waals surface area contributed by atoms with Gasteiger partial charge in [0.1, 0.15) is 11.3 Å². The molecule has 3 rings (SSSR count). The number of aromatic nitrogens is 1. The van der Waals surface area contributed by atoms with Crippen molar-refractivity contribution in [2.24, 2.45) is 0 Å². The number of fused-ring (bicyclic) bond motifs is 1. The quantitative estimate of drug-likeness (QED) is 0.725. The average molecular weight is 304 g/mol. The smallest absolute Gasteiger partial charge is 0.227 e. The normalized spacial score (nSPS) is 10.9. The van der Waals surface area contributed by atoms with Gasteiger partial charge in [-0.15, -0.1) is 0 Å². The van der Waals surface area contributed by atoms with Crippen molar-refractivity contribution in [3.8, 4) is 17.2 Å². The standard InChI is InChI=1S/C14H10BrNO2/c15-8-10-2-1-3-12-13(10)18-14(16-12)9-4-6-11(17)7-5-9/h1-7,17H,8H2. The van der Waals surface area contributed by atoms with E-state index in [0.717, 1.165) is 27.6 Å². The van der Waals surface area contributed by atoms with Crippen LogP contribution in [0.4, 0.5) is 0 Å². The molecular formula is C14H10BrNO2. The van der Waals surface area contributed by atoms with E-state index in [1.165, 1.54) is 0 Å². The van der Waals surface area contributed by atoms with Crippen molar-refractivity contribution in [3.05, 3.63) is 48.0 Å². The minimum Gasteiger partial charge on any atom is -0.508 e. The lowest BCUT2D eigenvalue weighted by molar-refractivity contribution is 0.475. The van der Waals surface area contributed by atoms with E-state index in [1.807, 2.05) is 18.2 Å². The SMILES string of the molecule is Oc1ccc(-c2nc3cccc(CBr)c3o2)cc1. The van der Waals surface area contributed by atoms with E-state index in [1.54, 1.807) is 24.3 Å². The Bertz CT molecular complexity index is 689. The zero-order chi connectivity index (χ0) is 12.5. The zero-order valence-electron chi connectivity index (χ0n) is 9.43. The molecule has 1 heterocycles. The Balaban J connectivity index is 2.16. The monoisotopic (exact) mass is 303 g/mol. The Hall–Kier alpha value is -1.81. The first-order valence-corrected chi connectivity index (χ1v) is 6.64. The molecule has 4 heteroatoms. The van der Waals surface area contributed by atoms with E-state index in [-0.39, 0.29) is 5.75 Å². The van der Waals surface area contributed by atoms with Gasteiger partial charge in [0.2, 0.25) is 5.89 Å². The molecule has 1 aromatic heterocycles. The molecule has 3 nitrogen and oxygen atoms in total. The molecule has 3 aromatic rings. The second-order valence-electron chi connectivity index (χ2n) is 3.96. The predicted molar refractivity (Wildman–Crippen MR) is 73.7 cm³/mol. The average Bonchev–Trinajstić information content (AvgIpc) is 2.83. The van der Waals surface area contributed by atoms with Gasteiger partial charge < -0.3 is 9.52 Å². The number of alkyl halides is 1. The molecule has 0 aliphatic carbocycles. The molecule has 1 N–H and O–H groups in total. The van der Waals surface area contributed by atoms with Crippen molar-refractivity contribution >= 4 is 27.0 Å². The highest BCUT2D eigenvalue weighted by Crippen LogP contribution is 2.28. The number of hydrogen-bond donors (Lipinski definition) is 1. The van der Waals surface area contributed by atoms with E-state index in [0.29, 0.717) is 5.89 Å². The third-order valence-corrected chi connectivity index (χ3v) is 3.36.